The lowest BCUT2D eigenvalue weighted by atomic mass is 9.86. The van der Waals surface area contributed by atoms with Crippen molar-refractivity contribution in [3.8, 4) is 0 Å². The Balaban J connectivity index is 0.00000338. The maximum Gasteiger partial charge on any atom is 0.416 e. The van der Waals surface area contributed by atoms with Crippen molar-refractivity contribution in [1.82, 2.24) is 10.2 Å². The summed E-state index contributed by atoms with van der Waals surface area (Å²) in [6, 6.07) is 1.44. The van der Waals surface area contributed by atoms with Gasteiger partial charge in [-0.2, -0.15) is 26.3 Å². The highest BCUT2D eigenvalue weighted by atomic mass is 35.5. The summed E-state index contributed by atoms with van der Waals surface area (Å²) < 4.78 is 79.2. The van der Waals surface area contributed by atoms with Crippen molar-refractivity contribution in [1.29, 1.82) is 0 Å². The van der Waals surface area contributed by atoms with E-state index in [1.807, 2.05) is 18.7 Å². The average molecular weight is 441 g/mol. The summed E-state index contributed by atoms with van der Waals surface area (Å²) in [4.78, 5) is 1.93. The predicted octanol–water partition coefficient (Wildman–Crippen LogP) is 5.56. The van der Waals surface area contributed by atoms with E-state index >= 15 is 0 Å². The van der Waals surface area contributed by atoms with Gasteiger partial charge in [0, 0.05) is 32.2 Å². The van der Waals surface area contributed by atoms with Crippen LogP contribution in [0.15, 0.2) is 18.2 Å². The van der Waals surface area contributed by atoms with Crippen LogP contribution >= 0.6 is 24.8 Å². The van der Waals surface area contributed by atoms with Crippen LogP contribution in [0.4, 0.5) is 26.3 Å². The molecule has 1 heterocycles. The number of alkyl halides is 6. The summed E-state index contributed by atoms with van der Waals surface area (Å²) in [5.74, 6) is -0.115. The molecule has 0 spiro atoms. The molecular weight excluding hydrogens is 417 g/mol. The molecule has 1 aliphatic heterocycles. The highest BCUT2D eigenvalue weighted by Crippen LogP contribution is 2.42. The van der Waals surface area contributed by atoms with Gasteiger partial charge in [-0.15, -0.1) is 24.8 Å². The highest BCUT2D eigenvalue weighted by molar-refractivity contribution is 5.85. The second-order valence-electron chi connectivity index (χ2n) is 6.41. The first kappa shape index (κ1) is 26.3. The molecule has 2 nitrogen and oxygen atoms in total. The Morgan fingerprint density at radius 2 is 1.56 bits per heavy atom. The summed E-state index contributed by atoms with van der Waals surface area (Å²) in [6.45, 7) is 6.13. The van der Waals surface area contributed by atoms with E-state index in [1.165, 1.54) is 0 Å². The second-order valence-corrected chi connectivity index (χ2v) is 6.41. The van der Waals surface area contributed by atoms with Crippen molar-refractivity contribution in [2.24, 2.45) is 5.92 Å². The molecule has 2 atom stereocenters. The van der Waals surface area contributed by atoms with Gasteiger partial charge in [-0.05, 0) is 23.6 Å². The Morgan fingerprint density at radius 3 is 2.00 bits per heavy atom. The lowest BCUT2D eigenvalue weighted by Crippen LogP contribution is -2.47. The Bertz CT molecular complexity index is 586. The van der Waals surface area contributed by atoms with Crippen LogP contribution in [0, 0.1) is 5.92 Å². The number of hydrogen-bond donors (Lipinski definition) is 1. The average Bonchev–Trinajstić information content (AvgIpc) is 2.54. The van der Waals surface area contributed by atoms with Gasteiger partial charge in [0.15, 0.2) is 0 Å². The Hall–Kier alpha value is -0.700. The van der Waals surface area contributed by atoms with Gasteiger partial charge in [-0.3, -0.25) is 4.90 Å². The van der Waals surface area contributed by atoms with Gasteiger partial charge in [0.25, 0.3) is 0 Å². The van der Waals surface area contributed by atoms with Crippen LogP contribution in [-0.2, 0) is 12.4 Å². The third kappa shape index (κ3) is 6.41. The summed E-state index contributed by atoms with van der Waals surface area (Å²) in [5.41, 5.74) is -2.53. The molecule has 1 saturated heterocycles. The first-order valence-corrected chi connectivity index (χ1v) is 8.28. The van der Waals surface area contributed by atoms with E-state index < -0.39 is 29.5 Å². The normalized spacial score (nSPS) is 18.2. The molecule has 158 valence electrons. The highest BCUT2D eigenvalue weighted by Gasteiger charge is 2.41. The van der Waals surface area contributed by atoms with Gasteiger partial charge < -0.3 is 5.32 Å². The Labute approximate surface area is 167 Å². The van der Waals surface area contributed by atoms with Crippen LogP contribution in [-0.4, -0.2) is 31.1 Å². The van der Waals surface area contributed by atoms with E-state index in [0.29, 0.717) is 32.6 Å². The molecule has 1 aromatic rings. The number of nitrogens with zero attached hydrogens (tertiary/aromatic N) is 1. The first-order chi connectivity index (χ1) is 11.6. The molecule has 0 amide bonds. The molecule has 10 heteroatoms. The lowest BCUT2D eigenvalue weighted by Gasteiger charge is -2.39. The van der Waals surface area contributed by atoms with E-state index in [4.69, 9.17) is 0 Å². The van der Waals surface area contributed by atoms with Crippen molar-refractivity contribution >= 4 is 24.8 Å². The van der Waals surface area contributed by atoms with Crippen molar-refractivity contribution < 1.29 is 26.3 Å². The van der Waals surface area contributed by atoms with Crippen LogP contribution in [0.3, 0.4) is 0 Å². The molecule has 1 fully saturated rings. The number of nitrogens with one attached hydrogen (secondary N) is 1. The van der Waals surface area contributed by atoms with E-state index in [9.17, 15) is 26.3 Å². The molecular formula is C17H24Cl2F6N2. The van der Waals surface area contributed by atoms with Gasteiger partial charge in [0.1, 0.15) is 0 Å². The third-order valence-electron chi connectivity index (χ3n) is 4.73. The fourth-order valence-electron chi connectivity index (χ4n) is 3.28. The minimum atomic E-state index is -4.84. The minimum Gasteiger partial charge on any atom is -0.314 e. The molecule has 0 radical (unpaired) electrons. The van der Waals surface area contributed by atoms with Gasteiger partial charge in [-0.1, -0.05) is 26.3 Å². The molecule has 1 aromatic carbocycles. The quantitative estimate of drug-likeness (QED) is 0.616. The van der Waals surface area contributed by atoms with Crippen molar-refractivity contribution in [2.75, 3.05) is 26.2 Å². The van der Waals surface area contributed by atoms with Gasteiger partial charge in [0.05, 0.1) is 11.1 Å². The number of rotatable bonds is 4. The number of piperazine rings is 1. The first-order valence-electron chi connectivity index (χ1n) is 8.28. The van der Waals surface area contributed by atoms with E-state index in [2.05, 4.69) is 5.32 Å². The molecule has 27 heavy (non-hydrogen) atoms. The van der Waals surface area contributed by atoms with Crippen LogP contribution in [0.1, 0.15) is 43.0 Å². The molecule has 0 aromatic heterocycles. The van der Waals surface area contributed by atoms with Crippen molar-refractivity contribution in [2.45, 2.75) is 38.7 Å². The van der Waals surface area contributed by atoms with E-state index in [0.717, 1.165) is 12.1 Å². The molecule has 1 N–H and O–H groups in total. The van der Waals surface area contributed by atoms with Crippen molar-refractivity contribution in [3.63, 3.8) is 0 Å². The zero-order valence-electron chi connectivity index (χ0n) is 15.0. The molecule has 0 saturated carbocycles. The maximum absolute atomic E-state index is 13.5. The second kappa shape index (κ2) is 10.2. The third-order valence-corrected chi connectivity index (χ3v) is 4.73. The molecule has 2 rings (SSSR count). The maximum atomic E-state index is 13.5. The molecule has 1 unspecified atom stereocenters. The van der Waals surface area contributed by atoms with Crippen LogP contribution < -0.4 is 5.32 Å². The van der Waals surface area contributed by atoms with Crippen molar-refractivity contribution in [3.05, 3.63) is 34.9 Å². The minimum absolute atomic E-state index is 0. The Morgan fingerprint density at radius 1 is 1.00 bits per heavy atom. The zero-order valence-corrected chi connectivity index (χ0v) is 16.6. The van der Waals surface area contributed by atoms with Gasteiger partial charge in [0.2, 0.25) is 0 Å². The van der Waals surface area contributed by atoms with Gasteiger partial charge >= 0.3 is 12.4 Å². The Kier molecular flexibility index (Phi) is 9.92. The largest absolute Gasteiger partial charge is 0.416 e. The summed E-state index contributed by atoms with van der Waals surface area (Å²) >= 11 is 0. The fraction of sp³-hybridized carbons (Fsp3) is 0.647. The monoisotopic (exact) mass is 440 g/mol. The van der Waals surface area contributed by atoms with Crippen LogP contribution in [0.2, 0.25) is 0 Å². The lowest BCUT2D eigenvalue weighted by molar-refractivity contribution is -0.144. The molecule has 0 bridgehead atoms. The van der Waals surface area contributed by atoms with Crippen LogP contribution in [0.25, 0.3) is 0 Å². The summed E-state index contributed by atoms with van der Waals surface area (Å²) in [5, 5.41) is 3.14. The number of hydrogen-bond acceptors (Lipinski definition) is 2. The SMILES string of the molecule is CCC(C)[C@H](c1ccc(C(F)(F)F)cc1C(F)(F)F)N1CCNCC1.Cl.Cl. The number of halogens is 8. The predicted molar refractivity (Wildman–Crippen MR) is 97.6 cm³/mol. The number of benzene rings is 1. The van der Waals surface area contributed by atoms with Crippen LogP contribution in [0.5, 0.6) is 0 Å². The fourth-order valence-corrected chi connectivity index (χ4v) is 3.28. The molecule has 1 aliphatic rings. The standard InChI is InChI=1S/C17H22F6N2.2ClH/c1-3-11(2)15(25-8-6-24-7-9-25)13-5-4-12(16(18,19)20)10-14(13)17(21,22)23;;/h4-5,10-11,15,24H,3,6-9H2,1-2H3;2*1H/t11?,15-;;/m1../s1. The zero-order chi connectivity index (χ0) is 18.8. The topological polar surface area (TPSA) is 15.3 Å². The molecule has 0 aliphatic carbocycles. The van der Waals surface area contributed by atoms with E-state index in [-0.39, 0.29) is 42.4 Å². The summed E-state index contributed by atoms with van der Waals surface area (Å²) in [7, 11) is 0. The van der Waals surface area contributed by atoms with Gasteiger partial charge in [-0.25, -0.2) is 0 Å². The smallest absolute Gasteiger partial charge is 0.314 e. The van der Waals surface area contributed by atoms with E-state index in [1.54, 1.807) is 0 Å². The summed E-state index contributed by atoms with van der Waals surface area (Å²) in [6.07, 6.45) is -9.01.